The van der Waals surface area contributed by atoms with E-state index in [0.29, 0.717) is 19.6 Å². The first-order chi connectivity index (χ1) is 13.8. The number of benzene rings is 1. The summed E-state index contributed by atoms with van der Waals surface area (Å²) in [4.78, 5) is 24.0. The molecule has 1 aliphatic rings. The van der Waals surface area contributed by atoms with Crippen molar-refractivity contribution >= 4 is 39.3 Å². The van der Waals surface area contributed by atoms with Gasteiger partial charge in [0.15, 0.2) is 6.61 Å². The normalized spacial score (nSPS) is 16.1. The Labute approximate surface area is 175 Å². The summed E-state index contributed by atoms with van der Waals surface area (Å²) in [6.07, 6.45) is 2.39. The number of morpholine rings is 1. The highest BCUT2D eigenvalue weighted by atomic mass is 32.2. The fourth-order valence-electron chi connectivity index (χ4n) is 2.74. The molecule has 0 aromatic heterocycles. The third kappa shape index (κ3) is 6.08. The molecule has 162 valence electrons. The van der Waals surface area contributed by atoms with Gasteiger partial charge < -0.3 is 19.5 Å². The molecule has 1 aliphatic heterocycles. The maximum atomic E-state index is 13.0. The van der Waals surface area contributed by atoms with Gasteiger partial charge in [-0.05, 0) is 30.9 Å². The number of hydrogen-bond donors (Lipinski definition) is 1. The first kappa shape index (κ1) is 23.5. The number of ether oxygens (including phenoxy) is 3. The molecule has 0 radical (unpaired) electrons. The van der Waals surface area contributed by atoms with Crippen molar-refractivity contribution in [1.82, 2.24) is 4.31 Å². The Balaban J connectivity index is 2.11. The molecule has 0 aliphatic carbocycles. The number of thioether (sulfide) groups is 1. The molecule has 9 nitrogen and oxygen atoms in total. The van der Waals surface area contributed by atoms with Crippen molar-refractivity contribution in [2.24, 2.45) is 0 Å². The highest BCUT2D eigenvalue weighted by Gasteiger charge is 2.29. The molecule has 1 amide bonds. The van der Waals surface area contributed by atoms with E-state index in [9.17, 15) is 18.0 Å². The lowest BCUT2D eigenvalue weighted by molar-refractivity contribution is -0.146. The van der Waals surface area contributed by atoms with E-state index in [1.54, 1.807) is 6.26 Å². The molecule has 0 bridgehead atoms. The summed E-state index contributed by atoms with van der Waals surface area (Å²) in [5.74, 6) is -0.846. The number of carbonyl (C=O) groups is 2. The monoisotopic (exact) mass is 446 g/mol. The predicted octanol–water partition coefficient (Wildman–Crippen LogP) is 1.34. The van der Waals surface area contributed by atoms with Crippen molar-refractivity contribution in [1.29, 1.82) is 0 Å². The van der Waals surface area contributed by atoms with Gasteiger partial charge in [-0.25, -0.2) is 8.42 Å². The van der Waals surface area contributed by atoms with E-state index in [1.807, 2.05) is 6.92 Å². The number of hydrogen-bond acceptors (Lipinski definition) is 8. The number of rotatable bonds is 9. The number of carbonyl (C=O) groups excluding carboxylic acids is 2. The van der Waals surface area contributed by atoms with Crippen molar-refractivity contribution in [3.8, 4) is 5.75 Å². The first-order valence-electron chi connectivity index (χ1n) is 9.08. The van der Waals surface area contributed by atoms with Crippen LogP contribution in [0.3, 0.4) is 0 Å². The van der Waals surface area contributed by atoms with Crippen LogP contribution >= 0.6 is 11.8 Å². The highest BCUT2D eigenvalue weighted by Crippen LogP contribution is 2.30. The zero-order chi connectivity index (χ0) is 21.4. The van der Waals surface area contributed by atoms with E-state index < -0.39 is 28.5 Å². The Bertz CT molecular complexity index is 819. The summed E-state index contributed by atoms with van der Waals surface area (Å²) in [6.45, 7) is 2.53. The van der Waals surface area contributed by atoms with Crippen molar-refractivity contribution in [2.75, 3.05) is 51.6 Å². The SMILES string of the molecule is CC[C@H](SC)C(=O)OCC(=O)Nc1ccc(OC)c(S(=O)(=O)N2CCOCC2)c1. The summed E-state index contributed by atoms with van der Waals surface area (Å²) in [5, 5.41) is 2.23. The van der Waals surface area contributed by atoms with Gasteiger partial charge in [0.2, 0.25) is 10.0 Å². The van der Waals surface area contributed by atoms with Crippen molar-refractivity contribution < 1.29 is 32.2 Å². The van der Waals surface area contributed by atoms with Crippen LogP contribution < -0.4 is 10.1 Å². The van der Waals surface area contributed by atoms with Gasteiger partial charge in [0.25, 0.3) is 5.91 Å². The molecule has 1 fully saturated rings. The number of esters is 1. The maximum absolute atomic E-state index is 13.0. The Morgan fingerprint density at radius 1 is 1.31 bits per heavy atom. The highest BCUT2D eigenvalue weighted by molar-refractivity contribution is 7.99. The number of nitrogens with one attached hydrogen (secondary N) is 1. The summed E-state index contributed by atoms with van der Waals surface area (Å²) in [7, 11) is -2.44. The fourth-order valence-corrected chi connectivity index (χ4v) is 4.92. The van der Waals surface area contributed by atoms with Gasteiger partial charge in [-0.15, -0.1) is 0 Å². The molecule has 29 heavy (non-hydrogen) atoms. The molecule has 11 heteroatoms. The van der Waals surface area contributed by atoms with Gasteiger partial charge in [0.1, 0.15) is 15.9 Å². The molecule has 1 saturated heterocycles. The van der Waals surface area contributed by atoms with Crippen LogP contribution in [0, 0.1) is 0 Å². The molecule has 2 rings (SSSR count). The van der Waals surface area contributed by atoms with Gasteiger partial charge in [-0.2, -0.15) is 16.1 Å². The van der Waals surface area contributed by atoms with E-state index in [1.165, 1.54) is 41.4 Å². The summed E-state index contributed by atoms with van der Waals surface area (Å²) < 4.78 is 42.7. The molecule has 1 N–H and O–H groups in total. The molecular weight excluding hydrogens is 420 g/mol. The van der Waals surface area contributed by atoms with Gasteiger partial charge in [0, 0.05) is 18.8 Å². The van der Waals surface area contributed by atoms with Gasteiger partial charge in [-0.1, -0.05) is 6.92 Å². The predicted molar refractivity (Wildman–Crippen MR) is 110 cm³/mol. The molecule has 1 aromatic rings. The molecular formula is C18H26N2O7S2. The van der Waals surface area contributed by atoms with E-state index in [2.05, 4.69) is 5.32 Å². The number of sulfonamides is 1. The van der Waals surface area contributed by atoms with Gasteiger partial charge in [-0.3, -0.25) is 9.59 Å². The number of anilines is 1. The zero-order valence-corrected chi connectivity index (χ0v) is 18.3. The molecule has 0 unspecified atom stereocenters. The van der Waals surface area contributed by atoms with Crippen molar-refractivity contribution in [3.05, 3.63) is 18.2 Å². The minimum absolute atomic E-state index is 0.0508. The lowest BCUT2D eigenvalue weighted by Gasteiger charge is -2.26. The second-order valence-corrected chi connectivity index (χ2v) is 9.12. The van der Waals surface area contributed by atoms with Crippen molar-refractivity contribution in [2.45, 2.75) is 23.5 Å². The van der Waals surface area contributed by atoms with E-state index in [0.717, 1.165) is 0 Å². The second-order valence-electron chi connectivity index (χ2n) is 6.17. The molecule has 1 heterocycles. The zero-order valence-electron chi connectivity index (χ0n) is 16.7. The lowest BCUT2D eigenvalue weighted by atomic mass is 10.3. The third-order valence-electron chi connectivity index (χ3n) is 4.30. The van der Waals surface area contributed by atoms with Crippen LogP contribution in [-0.4, -0.2) is 76.1 Å². The maximum Gasteiger partial charge on any atom is 0.319 e. The van der Waals surface area contributed by atoms with E-state index >= 15 is 0 Å². The third-order valence-corrected chi connectivity index (χ3v) is 7.31. The first-order valence-corrected chi connectivity index (χ1v) is 11.8. The van der Waals surface area contributed by atoms with Crippen LogP contribution in [0.2, 0.25) is 0 Å². The molecule has 0 saturated carbocycles. The standard InChI is InChI=1S/C18H26N2O7S2/c1-4-15(28-3)18(22)27-12-17(21)19-13-5-6-14(25-2)16(11-13)29(23,24)20-7-9-26-10-8-20/h5-6,11,15H,4,7-10,12H2,1-3H3,(H,19,21)/t15-/m0/s1. The van der Waals surface area contributed by atoms with E-state index in [-0.39, 0.29) is 34.7 Å². The van der Waals surface area contributed by atoms with Crippen LogP contribution in [0.15, 0.2) is 23.1 Å². The number of nitrogens with zero attached hydrogens (tertiary/aromatic N) is 1. The van der Waals surface area contributed by atoms with Crippen LogP contribution in [0.5, 0.6) is 5.75 Å². The van der Waals surface area contributed by atoms with Crippen LogP contribution in [-0.2, 0) is 29.1 Å². The minimum Gasteiger partial charge on any atom is -0.495 e. The Hall–Kier alpha value is -1.82. The van der Waals surface area contributed by atoms with Crippen LogP contribution in [0.1, 0.15) is 13.3 Å². The average molecular weight is 447 g/mol. The van der Waals surface area contributed by atoms with Crippen LogP contribution in [0.4, 0.5) is 5.69 Å². The smallest absolute Gasteiger partial charge is 0.319 e. The quantitative estimate of drug-likeness (QED) is 0.566. The second kappa shape index (κ2) is 10.8. The Kier molecular flexibility index (Phi) is 8.75. The molecule has 0 spiro atoms. The topological polar surface area (TPSA) is 111 Å². The Morgan fingerprint density at radius 3 is 2.59 bits per heavy atom. The molecule has 1 atom stereocenters. The number of methoxy groups -OCH3 is 1. The van der Waals surface area contributed by atoms with Gasteiger partial charge in [0.05, 0.1) is 20.3 Å². The van der Waals surface area contributed by atoms with Gasteiger partial charge >= 0.3 is 5.97 Å². The fraction of sp³-hybridized carbons (Fsp3) is 0.556. The van der Waals surface area contributed by atoms with Crippen molar-refractivity contribution in [3.63, 3.8) is 0 Å². The number of amides is 1. The Morgan fingerprint density at radius 2 is 2.00 bits per heavy atom. The largest absolute Gasteiger partial charge is 0.495 e. The summed E-state index contributed by atoms with van der Waals surface area (Å²) in [5.41, 5.74) is 0.260. The molecule has 1 aromatic carbocycles. The average Bonchev–Trinajstić information content (AvgIpc) is 2.73. The minimum atomic E-state index is -3.82. The summed E-state index contributed by atoms with van der Waals surface area (Å²) >= 11 is 1.36. The lowest BCUT2D eigenvalue weighted by Crippen LogP contribution is -2.40. The summed E-state index contributed by atoms with van der Waals surface area (Å²) in [6, 6.07) is 4.32. The van der Waals surface area contributed by atoms with E-state index in [4.69, 9.17) is 14.2 Å². The van der Waals surface area contributed by atoms with Crippen LogP contribution in [0.25, 0.3) is 0 Å².